The maximum Gasteiger partial charge on any atom is 0.573 e. The van der Waals surface area contributed by atoms with Gasteiger partial charge in [0.25, 0.3) is 5.91 Å². The first-order valence-corrected chi connectivity index (χ1v) is 10.0. The number of nitrogen functional groups attached to an aromatic ring is 1. The molecule has 1 aliphatic rings. The molecular formula is C22H17F3N6O2. The molecule has 4 heterocycles. The van der Waals surface area contributed by atoms with Gasteiger partial charge in [-0.25, -0.2) is 4.52 Å². The summed E-state index contributed by atoms with van der Waals surface area (Å²) in [6, 6.07) is 11.1. The predicted octanol–water partition coefficient (Wildman–Crippen LogP) is 3.47. The first-order valence-electron chi connectivity index (χ1n) is 10.0. The fourth-order valence-corrected chi connectivity index (χ4v) is 3.84. The van der Waals surface area contributed by atoms with Crippen LogP contribution in [0.15, 0.2) is 54.9 Å². The molecule has 0 atom stereocenters. The van der Waals surface area contributed by atoms with Crippen molar-refractivity contribution in [1.29, 1.82) is 0 Å². The molecule has 0 unspecified atom stereocenters. The van der Waals surface area contributed by atoms with E-state index in [0.717, 1.165) is 5.56 Å². The molecule has 2 N–H and O–H groups in total. The van der Waals surface area contributed by atoms with Crippen LogP contribution in [-0.4, -0.2) is 43.3 Å². The van der Waals surface area contributed by atoms with Crippen molar-refractivity contribution in [2.24, 2.45) is 0 Å². The number of amides is 1. The molecule has 0 bridgehead atoms. The van der Waals surface area contributed by atoms with Gasteiger partial charge < -0.3 is 15.4 Å². The van der Waals surface area contributed by atoms with Gasteiger partial charge in [-0.2, -0.15) is 4.98 Å². The fourth-order valence-electron chi connectivity index (χ4n) is 3.84. The van der Waals surface area contributed by atoms with Gasteiger partial charge in [-0.15, -0.1) is 18.3 Å². The number of fused-ring (bicyclic) bond motifs is 2. The van der Waals surface area contributed by atoms with Crippen molar-refractivity contribution >= 4 is 17.5 Å². The summed E-state index contributed by atoms with van der Waals surface area (Å²) in [4.78, 5) is 23.3. The normalized spacial score (nSPS) is 13.9. The maximum atomic E-state index is 13.2. The van der Waals surface area contributed by atoms with Crippen LogP contribution in [0.2, 0.25) is 0 Å². The number of carbonyl (C=O) groups excluding carboxylic acids is 1. The Balaban J connectivity index is 1.43. The highest BCUT2D eigenvalue weighted by atomic mass is 19.4. The SMILES string of the molecule is Nc1nc2cc(-c3cnc4c(c3)C(=O)N(Cc3ccccc3OC(F)(F)F)CC4)ccn2n1. The van der Waals surface area contributed by atoms with E-state index >= 15 is 0 Å². The first kappa shape index (κ1) is 20.7. The molecule has 8 nitrogen and oxygen atoms in total. The third-order valence-electron chi connectivity index (χ3n) is 5.35. The first-order chi connectivity index (χ1) is 15.8. The lowest BCUT2D eigenvalue weighted by Crippen LogP contribution is -2.37. The highest BCUT2D eigenvalue weighted by molar-refractivity contribution is 5.97. The lowest BCUT2D eigenvalue weighted by atomic mass is 9.99. The summed E-state index contributed by atoms with van der Waals surface area (Å²) in [7, 11) is 0. The van der Waals surface area contributed by atoms with Crippen molar-refractivity contribution in [2.45, 2.75) is 19.3 Å². The molecule has 0 spiro atoms. The number of hydrogen-bond acceptors (Lipinski definition) is 6. The highest BCUT2D eigenvalue weighted by Gasteiger charge is 2.33. The van der Waals surface area contributed by atoms with E-state index in [0.29, 0.717) is 35.4 Å². The van der Waals surface area contributed by atoms with Gasteiger partial charge in [0.15, 0.2) is 5.65 Å². The number of hydrogen-bond donors (Lipinski definition) is 1. The summed E-state index contributed by atoms with van der Waals surface area (Å²) in [5, 5.41) is 4.04. The number of anilines is 1. The Morgan fingerprint density at radius 2 is 1.94 bits per heavy atom. The van der Waals surface area contributed by atoms with Crippen molar-refractivity contribution in [3.63, 3.8) is 0 Å². The van der Waals surface area contributed by atoms with Crippen LogP contribution in [0.25, 0.3) is 16.8 Å². The maximum absolute atomic E-state index is 13.2. The van der Waals surface area contributed by atoms with Crippen LogP contribution in [0.5, 0.6) is 5.75 Å². The Kier molecular flexibility index (Phi) is 4.88. The summed E-state index contributed by atoms with van der Waals surface area (Å²) in [5.74, 6) is -0.479. The highest BCUT2D eigenvalue weighted by Crippen LogP contribution is 2.30. The summed E-state index contributed by atoms with van der Waals surface area (Å²) in [5.41, 5.74) is 8.99. The number of aromatic nitrogens is 4. The van der Waals surface area contributed by atoms with Crippen LogP contribution >= 0.6 is 0 Å². The van der Waals surface area contributed by atoms with E-state index in [4.69, 9.17) is 5.73 Å². The minimum absolute atomic E-state index is 0.0142. The van der Waals surface area contributed by atoms with Gasteiger partial charge in [0.2, 0.25) is 5.95 Å². The summed E-state index contributed by atoms with van der Waals surface area (Å²) in [6.07, 6.45) is -0.939. The average molecular weight is 454 g/mol. The molecule has 0 saturated heterocycles. The van der Waals surface area contributed by atoms with Gasteiger partial charge in [-0.05, 0) is 29.8 Å². The third kappa shape index (κ3) is 4.16. The fraction of sp³-hybridized carbons (Fsp3) is 0.182. The van der Waals surface area contributed by atoms with E-state index in [9.17, 15) is 18.0 Å². The second-order valence-corrected chi connectivity index (χ2v) is 7.54. The predicted molar refractivity (Wildman–Crippen MR) is 112 cm³/mol. The lowest BCUT2D eigenvalue weighted by Gasteiger charge is -2.29. The van der Waals surface area contributed by atoms with E-state index in [1.165, 1.54) is 27.6 Å². The Morgan fingerprint density at radius 3 is 2.76 bits per heavy atom. The van der Waals surface area contributed by atoms with E-state index in [1.807, 2.05) is 0 Å². The molecule has 1 amide bonds. The van der Waals surface area contributed by atoms with Crippen molar-refractivity contribution in [3.8, 4) is 16.9 Å². The molecule has 33 heavy (non-hydrogen) atoms. The third-order valence-corrected chi connectivity index (χ3v) is 5.35. The minimum atomic E-state index is -4.82. The topological polar surface area (TPSA) is 98.6 Å². The van der Waals surface area contributed by atoms with Gasteiger partial charge in [-0.1, -0.05) is 18.2 Å². The molecule has 0 radical (unpaired) electrons. The molecule has 1 aliphatic heterocycles. The molecule has 5 rings (SSSR count). The molecule has 3 aromatic heterocycles. The second kappa shape index (κ2) is 7.76. The zero-order valence-corrected chi connectivity index (χ0v) is 17.1. The largest absolute Gasteiger partial charge is 0.573 e. The smallest absolute Gasteiger partial charge is 0.405 e. The molecular weight excluding hydrogens is 437 g/mol. The number of alkyl halides is 3. The van der Waals surface area contributed by atoms with Crippen molar-refractivity contribution < 1.29 is 22.7 Å². The molecule has 4 aromatic rings. The number of rotatable bonds is 4. The van der Waals surface area contributed by atoms with E-state index in [2.05, 4.69) is 19.8 Å². The van der Waals surface area contributed by atoms with Crippen molar-refractivity contribution in [1.82, 2.24) is 24.5 Å². The average Bonchev–Trinajstić information content (AvgIpc) is 3.15. The van der Waals surface area contributed by atoms with Crippen molar-refractivity contribution in [3.05, 3.63) is 71.7 Å². The number of nitrogens with zero attached hydrogens (tertiary/aromatic N) is 5. The number of benzene rings is 1. The quantitative estimate of drug-likeness (QED) is 0.507. The van der Waals surface area contributed by atoms with Crippen molar-refractivity contribution in [2.75, 3.05) is 12.3 Å². The van der Waals surface area contributed by atoms with Gasteiger partial charge in [-0.3, -0.25) is 9.78 Å². The Morgan fingerprint density at radius 1 is 1.12 bits per heavy atom. The second-order valence-electron chi connectivity index (χ2n) is 7.54. The summed E-state index contributed by atoms with van der Waals surface area (Å²) in [6.45, 7) is 0.323. The van der Waals surface area contributed by atoms with E-state index < -0.39 is 6.36 Å². The Bertz CT molecular complexity index is 1370. The monoisotopic (exact) mass is 454 g/mol. The summed E-state index contributed by atoms with van der Waals surface area (Å²) < 4.78 is 43.9. The van der Waals surface area contributed by atoms with Crippen LogP contribution in [0.4, 0.5) is 19.1 Å². The van der Waals surface area contributed by atoms with Crippen LogP contribution < -0.4 is 10.5 Å². The van der Waals surface area contributed by atoms with Gasteiger partial charge in [0.1, 0.15) is 5.75 Å². The van der Waals surface area contributed by atoms with Gasteiger partial charge in [0, 0.05) is 43.0 Å². The zero-order valence-electron chi connectivity index (χ0n) is 17.1. The molecule has 11 heteroatoms. The number of halogens is 3. The van der Waals surface area contributed by atoms with Crippen LogP contribution in [0.1, 0.15) is 21.6 Å². The summed E-state index contributed by atoms with van der Waals surface area (Å²) >= 11 is 0. The zero-order chi connectivity index (χ0) is 23.2. The number of nitrogens with two attached hydrogens (primary N) is 1. The van der Waals surface area contributed by atoms with Gasteiger partial charge >= 0.3 is 6.36 Å². The molecule has 0 aliphatic carbocycles. The number of carbonyl (C=O) groups is 1. The minimum Gasteiger partial charge on any atom is -0.405 e. The van der Waals surface area contributed by atoms with Crippen LogP contribution in [0.3, 0.4) is 0 Å². The number of ether oxygens (including phenoxy) is 1. The van der Waals surface area contributed by atoms with Crippen LogP contribution in [0, 0.1) is 0 Å². The van der Waals surface area contributed by atoms with E-state index in [1.54, 1.807) is 36.7 Å². The molecule has 168 valence electrons. The molecule has 0 saturated carbocycles. The van der Waals surface area contributed by atoms with Crippen LogP contribution in [-0.2, 0) is 13.0 Å². The number of para-hydroxylation sites is 1. The molecule has 0 fully saturated rings. The standard InChI is InChI=1S/C22H17F3N6O2/c23-22(24,25)33-18-4-2-1-3-14(18)12-30-7-6-17-16(20(30)32)9-15(11-27-17)13-5-8-31-19(10-13)28-21(26)29-31/h1-5,8-11H,6-7,12H2,(H2,26,29). The lowest BCUT2D eigenvalue weighted by molar-refractivity contribution is -0.275. The van der Waals surface area contributed by atoms with E-state index in [-0.39, 0.29) is 29.7 Å². The Labute approximate surface area is 185 Å². The Hall–Kier alpha value is -4.15. The molecule has 1 aromatic carbocycles. The number of pyridine rings is 2. The van der Waals surface area contributed by atoms with Gasteiger partial charge in [0.05, 0.1) is 11.3 Å².